The van der Waals surface area contributed by atoms with Crippen LogP contribution in [0.1, 0.15) is 72.6 Å². The zero-order valence-electron chi connectivity index (χ0n) is 13.9. The Hall–Kier alpha value is -0.570. The lowest BCUT2D eigenvalue weighted by atomic mass is 9.81. The van der Waals surface area contributed by atoms with E-state index < -0.39 is 0 Å². The highest BCUT2D eigenvalue weighted by atomic mass is 16.2. The summed E-state index contributed by atoms with van der Waals surface area (Å²) in [4.78, 5) is 12.0. The summed E-state index contributed by atoms with van der Waals surface area (Å²) in [6.45, 7) is 9.54. The number of hydrogen-bond donors (Lipinski definition) is 2. The van der Waals surface area contributed by atoms with E-state index >= 15 is 0 Å². The average Bonchev–Trinajstić information content (AvgIpc) is 2.46. The van der Waals surface area contributed by atoms with Gasteiger partial charge in [-0.25, -0.2) is 0 Å². The molecular weight excluding hydrogens is 248 g/mol. The zero-order valence-corrected chi connectivity index (χ0v) is 13.9. The predicted octanol–water partition coefficient (Wildman–Crippen LogP) is 3.49. The first-order valence-corrected chi connectivity index (χ1v) is 8.60. The quantitative estimate of drug-likeness (QED) is 0.715. The van der Waals surface area contributed by atoms with Gasteiger partial charge >= 0.3 is 0 Å². The molecule has 0 aliphatic heterocycles. The van der Waals surface area contributed by atoms with Crippen molar-refractivity contribution < 1.29 is 4.79 Å². The van der Waals surface area contributed by atoms with Crippen molar-refractivity contribution in [3.8, 4) is 0 Å². The second-order valence-electron chi connectivity index (χ2n) is 6.61. The molecular formula is C17H34N2O. The normalized spacial score (nSPS) is 24.6. The van der Waals surface area contributed by atoms with E-state index in [0.717, 1.165) is 31.2 Å². The van der Waals surface area contributed by atoms with E-state index in [2.05, 4.69) is 31.4 Å². The van der Waals surface area contributed by atoms with E-state index in [-0.39, 0.29) is 11.9 Å². The monoisotopic (exact) mass is 282 g/mol. The lowest BCUT2D eigenvalue weighted by molar-refractivity contribution is -0.123. The van der Waals surface area contributed by atoms with Crippen LogP contribution in [0.5, 0.6) is 0 Å². The van der Waals surface area contributed by atoms with Crippen molar-refractivity contribution in [2.75, 3.05) is 6.54 Å². The summed E-state index contributed by atoms with van der Waals surface area (Å²) in [6.07, 6.45) is 8.75. The maximum absolute atomic E-state index is 12.0. The predicted molar refractivity (Wildman–Crippen MR) is 85.7 cm³/mol. The third-order valence-electron chi connectivity index (χ3n) is 4.86. The minimum Gasteiger partial charge on any atom is -0.352 e. The summed E-state index contributed by atoms with van der Waals surface area (Å²) < 4.78 is 0. The van der Waals surface area contributed by atoms with Crippen molar-refractivity contribution in [3.05, 3.63) is 0 Å². The standard InChI is InChI=1S/C17H34N2O/c1-5-16(6-2)19-17(20)14(4)18-12-11-15-9-7-13(3)8-10-15/h13-16,18H,5-12H2,1-4H3,(H,19,20). The first-order valence-electron chi connectivity index (χ1n) is 8.60. The molecule has 1 aliphatic rings. The van der Waals surface area contributed by atoms with E-state index in [0.29, 0.717) is 6.04 Å². The third-order valence-corrected chi connectivity index (χ3v) is 4.86. The van der Waals surface area contributed by atoms with E-state index in [4.69, 9.17) is 0 Å². The van der Waals surface area contributed by atoms with E-state index in [1.807, 2.05) is 6.92 Å². The van der Waals surface area contributed by atoms with Gasteiger partial charge in [-0.15, -0.1) is 0 Å². The molecule has 1 atom stereocenters. The van der Waals surface area contributed by atoms with Crippen LogP contribution in [-0.4, -0.2) is 24.5 Å². The number of nitrogens with one attached hydrogen (secondary N) is 2. The lowest BCUT2D eigenvalue weighted by Gasteiger charge is -2.26. The van der Waals surface area contributed by atoms with Crippen LogP contribution in [0, 0.1) is 11.8 Å². The molecule has 1 saturated carbocycles. The Morgan fingerprint density at radius 3 is 2.30 bits per heavy atom. The lowest BCUT2D eigenvalue weighted by Crippen LogP contribution is -2.46. The molecule has 0 radical (unpaired) electrons. The number of amides is 1. The highest BCUT2D eigenvalue weighted by Gasteiger charge is 2.19. The minimum atomic E-state index is -0.0712. The summed E-state index contributed by atoms with van der Waals surface area (Å²) in [6, 6.07) is 0.254. The number of carbonyl (C=O) groups excluding carboxylic acids is 1. The van der Waals surface area contributed by atoms with Crippen LogP contribution >= 0.6 is 0 Å². The third kappa shape index (κ3) is 6.25. The Morgan fingerprint density at radius 2 is 1.75 bits per heavy atom. The van der Waals surface area contributed by atoms with Gasteiger partial charge in [-0.1, -0.05) is 46.5 Å². The van der Waals surface area contributed by atoms with Gasteiger partial charge in [0, 0.05) is 6.04 Å². The summed E-state index contributed by atoms with van der Waals surface area (Å²) in [5.74, 6) is 1.94. The van der Waals surface area contributed by atoms with Crippen molar-refractivity contribution in [1.82, 2.24) is 10.6 Å². The maximum atomic E-state index is 12.0. The number of hydrogen-bond acceptors (Lipinski definition) is 2. The maximum Gasteiger partial charge on any atom is 0.237 e. The van der Waals surface area contributed by atoms with E-state index in [1.165, 1.54) is 32.1 Å². The van der Waals surface area contributed by atoms with Gasteiger partial charge in [0.1, 0.15) is 0 Å². The fourth-order valence-corrected chi connectivity index (χ4v) is 3.03. The van der Waals surface area contributed by atoms with E-state index in [1.54, 1.807) is 0 Å². The molecule has 0 saturated heterocycles. The summed E-state index contributed by atoms with van der Waals surface area (Å²) in [7, 11) is 0. The molecule has 0 aromatic rings. The van der Waals surface area contributed by atoms with Gasteiger partial charge in [-0.3, -0.25) is 4.79 Å². The van der Waals surface area contributed by atoms with Crippen LogP contribution < -0.4 is 10.6 Å². The topological polar surface area (TPSA) is 41.1 Å². The Labute approximate surface area is 125 Å². The summed E-state index contributed by atoms with van der Waals surface area (Å²) in [5, 5.41) is 6.49. The molecule has 1 unspecified atom stereocenters. The first-order chi connectivity index (χ1) is 9.56. The minimum absolute atomic E-state index is 0.0712. The van der Waals surface area contributed by atoms with Crippen molar-refractivity contribution >= 4 is 5.91 Å². The molecule has 1 aliphatic carbocycles. The van der Waals surface area contributed by atoms with Crippen LogP contribution in [0.2, 0.25) is 0 Å². The van der Waals surface area contributed by atoms with Crippen molar-refractivity contribution in [3.63, 3.8) is 0 Å². The van der Waals surface area contributed by atoms with Crippen LogP contribution in [0.4, 0.5) is 0 Å². The molecule has 3 heteroatoms. The largest absolute Gasteiger partial charge is 0.352 e. The molecule has 118 valence electrons. The molecule has 2 N–H and O–H groups in total. The Bertz CT molecular complexity index is 268. The van der Waals surface area contributed by atoms with E-state index in [9.17, 15) is 4.79 Å². The average molecular weight is 282 g/mol. The highest BCUT2D eigenvalue weighted by molar-refractivity contribution is 5.81. The molecule has 1 rings (SSSR count). The fourth-order valence-electron chi connectivity index (χ4n) is 3.03. The second-order valence-corrected chi connectivity index (χ2v) is 6.61. The molecule has 3 nitrogen and oxygen atoms in total. The van der Waals surface area contributed by atoms with Crippen molar-refractivity contribution in [2.24, 2.45) is 11.8 Å². The van der Waals surface area contributed by atoms with Crippen molar-refractivity contribution in [2.45, 2.75) is 84.7 Å². The molecule has 1 fully saturated rings. The fraction of sp³-hybridized carbons (Fsp3) is 0.941. The van der Waals surface area contributed by atoms with Crippen LogP contribution in [0.25, 0.3) is 0 Å². The van der Waals surface area contributed by atoms with Crippen LogP contribution in [-0.2, 0) is 4.79 Å². The Kier molecular flexibility index (Phi) is 8.20. The molecule has 0 spiro atoms. The van der Waals surface area contributed by atoms with Crippen LogP contribution in [0.15, 0.2) is 0 Å². The molecule has 20 heavy (non-hydrogen) atoms. The smallest absolute Gasteiger partial charge is 0.237 e. The van der Waals surface area contributed by atoms with Gasteiger partial charge in [-0.05, 0) is 44.6 Å². The zero-order chi connectivity index (χ0) is 15.0. The number of carbonyl (C=O) groups is 1. The first kappa shape index (κ1) is 17.5. The molecule has 0 aromatic heterocycles. The molecule has 0 bridgehead atoms. The number of rotatable bonds is 8. The van der Waals surface area contributed by atoms with Gasteiger partial charge < -0.3 is 10.6 Å². The molecule has 1 amide bonds. The van der Waals surface area contributed by atoms with Gasteiger partial charge in [0.25, 0.3) is 0 Å². The van der Waals surface area contributed by atoms with Crippen molar-refractivity contribution in [1.29, 1.82) is 0 Å². The molecule has 0 aromatic carbocycles. The second kappa shape index (κ2) is 9.38. The van der Waals surface area contributed by atoms with Gasteiger partial charge in [0.2, 0.25) is 5.91 Å². The van der Waals surface area contributed by atoms with Gasteiger partial charge in [-0.2, -0.15) is 0 Å². The van der Waals surface area contributed by atoms with Crippen LogP contribution in [0.3, 0.4) is 0 Å². The Balaban J connectivity index is 2.15. The summed E-state index contributed by atoms with van der Waals surface area (Å²) in [5.41, 5.74) is 0. The SMILES string of the molecule is CCC(CC)NC(=O)C(C)NCCC1CCC(C)CC1. The Morgan fingerprint density at radius 1 is 1.15 bits per heavy atom. The van der Waals surface area contributed by atoms with Gasteiger partial charge in [0.15, 0.2) is 0 Å². The van der Waals surface area contributed by atoms with Gasteiger partial charge in [0.05, 0.1) is 6.04 Å². The molecule has 0 heterocycles. The summed E-state index contributed by atoms with van der Waals surface area (Å²) >= 11 is 0. The highest BCUT2D eigenvalue weighted by Crippen LogP contribution is 2.29.